The summed E-state index contributed by atoms with van der Waals surface area (Å²) in [5.41, 5.74) is 17.0. The highest BCUT2D eigenvalue weighted by atomic mass is 16.5. The Hall–Kier alpha value is -5.66. The second kappa shape index (κ2) is 12.2. The summed E-state index contributed by atoms with van der Waals surface area (Å²) in [4.78, 5) is 0. The quantitative estimate of drug-likeness (QED) is 0.163. The topological polar surface area (TPSA) is 9.23 Å². The maximum Gasteiger partial charge on any atom is 0.128 e. The number of allylic oxidation sites excluding steroid dienone is 14. The first-order valence-electron chi connectivity index (χ1n) is 20.0. The average Bonchev–Trinajstić information content (AvgIpc) is 3.44. The average molecular weight is 697 g/mol. The molecule has 54 heavy (non-hydrogen) atoms. The van der Waals surface area contributed by atoms with E-state index < -0.39 is 0 Å². The molecule has 0 fully saturated rings. The predicted octanol–water partition coefficient (Wildman–Crippen LogP) is 14.6. The fraction of sp³-hybridized carbons (Fsp3) is 0.208. The van der Waals surface area contributed by atoms with Crippen LogP contribution < -0.4 is 4.74 Å². The van der Waals surface area contributed by atoms with Crippen LogP contribution in [0, 0.1) is 0 Å². The normalized spacial score (nSPS) is 18.9. The third-order valence-corrected chi connectivity index (χ3v) is 13.0. The molecule has 1 nitrogen and oxygen atoms in total. The molecule has 0 aliphatic heterocycles. The minimum absolute atomic E-state index is 0.0648. The molecule has 0 saturated carbocycles. The molecule has 0 radical (unpaired) electrons. The molecule has 0 bridgehead atoms. The molecule has 0 spiro atoms. The highest BCUT2D eigenvalue weighted by Gasteiger charge is 2.38. The summed E-state index contributed by atoms with van der Waals surface area (Å²) in [7, 11) is 0. The molecule has 0 unspecified atom stereocenters. The monoisotopic (exact) mass is 696 g/mol. The van der Waals surface area contributed by atoms with Crippen LogP contribution >= 0.6 is 0 Å². The van der Waals surface area contributed by atoms with E-state index in [9.17, 15) is 0 Å². The summed E-state index contributed by atoms with van der Waals surface area (Å²) in [6.45, 7) is 4.88. The lowest BCUT2D eigenvalue weighted by Crippen LogP contribution is -2.17. The third kappa shape index (κ3) is 5.12. The molecule has 0 amide bonds. The second-order valence-corrected chi connectivity index (χ2v) is 16.6. The summed E-state index contributed by atoms with van der Waals surface area (Å²) in [5, 5.41) is 7.89. The SMILES string of the molecule is CC1(C)C2=C(CCC(c3cc(OC4=CC=CCC4)cc(-c4cc5ccc6cccc7ccc(c4)c5c67)c3)=C2)c2ccc(C3=CC4=C(C=CCC4)CC3)cc21. The van der Waals surface area contributed by atoms with Crippen molar-refractivity contribution in [2.75, 3.05) is 0 Å². The number of benzene rings is 6. The van der Waals surface area contributed by atoms with E-state index >= 15 is 0 Å². The van der Waals surface area contributed by atoms with Crippen molar-refractivity contribution in [1.29, 1.82) is 0 Å². The van der Waals surface area contributed by atoms with Crippen LogP contribution in [-0.2, 0) is 5.41 Å². The molecule has 0 atom stereocenters. The lowest BCUT2D eigenvalue weighted by Gasteiger charge is -2.27. The molecular formula is C53H44O. The molecule has 1 heteroatoms. The molecule has 0 aromatic heterocycles. The molecule has 11 rings (SSSR count). The first-order valence-corrected chi connectivity index (χ1v) is 20.0. The second-order valence-electron chi connectivity index (χ2n) is 16.6. The van der Waals surface area contributed by atoms with Crippen molar-refractivity contribution in [2.45, 2.75) is 70.6 Å². The molecule has 0 heterocycles. The minimum atomic E-state index is -0.0648. The van der Waals surface area contributed by atoms with Gasteiger partial charge in [0.05, 0.1) is 0 Å². The zero-order valence-electron chi connectivity index (χ0n) is 31.3. The van der Waals surface area contributed by atoms with Gasteiger partial charge >= 0.3 is 0 Å². The van der Waals surface area contributed by atoms with E-state index in [0.29, 0.717) is 0 Å². The van der Waals surface area contributed by atoms with Crippen molar-refractivity contribution >= 4 is 49.0 Å². The van der Waals surface area contributed by atoms with Crippen molar-refractivity contribution in [2.24, 2.45) is 0 Å². The van der Waals surface area contributed by atoms with Crippen molar-refractivity contribution < 1.29 is 4.74 Å². The molecule has 6 aromatic rings. The van der Waals surface area contributed by atoms with Crippen LogP contribution in [0.15, 0.2) is 156 Å². The van der Waals surface area contributed by atoms with Gasteiger partial charge in [-0.3, -0.25) is 0 Å². The fourth-order valence-corrected chi connectivity index (χ4v) is 10.1. The first-order chi connectivity index (χ1) is 26.5. The van der Waals surface area contributed by atoms with Gasteiger partial charge < -0.3 is 4.74 Å². The number of hydrogen-bond acceptors (Lipinski definition) is 1. The summed E-state index contributed by atoms with van der Waals surface area (Å²) >= 11 is 0. The summed E-state index contributed by atoms with van der Waals surface area (Å²) < 4.78 is 6.69. The zero-order valence-corrected chi connectivity index (χ0v) is 31.3. The molecule has 0 N–H and O–H groups in total. The molecule has 262 valence electrons. The van der Waals surface area contributed by atoms with Gasteiger partial charge in [-0.2, -0.15) is 0 Å². The van der Waals surface area contributed by atoms with Crippen LogP contribution in [0.5, 0.6) is 5.75 Å². The molecule has 0 saturated heterocycles. The van der Waals surface area contributed by atoms with Gasteiger partial charge in [0.1, 0.15) is 11.5 Å². The van der Waals surface area contributed by atoms with Crippen LogP contribution in [0.1, 0.15) is 87.5 Å². The predicted molar refractivity (Wildman–Crippen MR) is 229 cm³/mol. The van der Waals surface area contributed by atoms with E-state index in [1.807, 2.05) is 0 Å². The van der Waals surface area contributed by atoms with Gasteiger partial charge in [0.25, 0.3) is 0 Å². The Bertz CT molecular complexity index is 2740. The Balaban J connectivity index is 0.995. The van der Waals surface area contributed by atoms with Crippen LogP contribution in [0.3, 0.4) is 0 Å². The minimum Gasteiger partial charge on any atom is -0.462 e. The van der Waals surface area contributed by atoms with Crippen LogP contribution in [0.2, 0.25) is 0 Å². The number of rotatable bonds is 5. The standard InChI is InChI=1S/C53H44O/c1-53(2)49-31-38(37-18-15-33-9-6-7-10-36(33)25-37)21-23-47(49)48-24-22-39(32-50(48)53)43-28-44(30-46(29-43)54-45-13-4-3-5-14-45)42-26-40-19-16-34-11-8-12-35-17-20-41(27-42)52(40)51(34)35/h3-4,6,8-9,11-13,16-17,19-21,23,25-32H,5,7,10,14-15,18,22,24H2,1-2H3. The van der Waals surface area contributed by atoms with Gasteiger partial charge in [0.15, 0.2) is 0 Å². The molecular weight excluding hydrogens is 653 g/mol. The third-order valence-electron chi connectivity index (χ3n) is 13.0. The fourth-order valence-electron chi connectivity index (χ4n) is 10.1. The number of fused-ring (bicyclic) bond motifs is 2. The van der Waals surface area contributed by atoms with Gasteiger partial charge in [0.2, 0.25) is 0 Å². The van der Waals surface area contributed by atoms with Crippen LogP contribution in [-0.4, -0.2) is 0 Å². The van der Waals surface area contributed by atoms with Gasteiger partial charge in [0, 0.05) is 11.8 Å². The van der Waals surface area contributed by atoms with Gasteiger partial charge in [-0.25, -0.2) is 0 Å². The maximum absolute atomic E-state index is 6.69. The summed E-state index contributed by atoms with van der Waals surface area (Å²) in [6.07, 6.45) is 24.8. The number of hydrogen-bond donors (Lipinski definition) is 0. The highest BCUT2D eigenvalue weighted by Crippen LogP contribution is 2.53. The van der Waals surface area contributed by atoms with Gasteiger partial charge in [-0.15, -0.1) is 0 Å². The van der Waals surface area contributed by atoms with E-state index in [0.717, 1.165) is 56.5 Å². The first kappa shape index (κ1) is 31.8. The molecule has 5 aliphatic carbocycles. The Kier molecular flexibility index (Phi) is 7.18. The van der Waals surface area contributed by atoms with Gasteiger partial charge in [-0.05, 0) is 187 Å². The number of ether oxygens (including phenoxy) is 1. The van der Waals surface area contributed by atoms with Crippen molar-refractivity contribution in [1.82, 2.24) is 0 Å². The largest absolute Gasteiger partial charge is 0.462 e. The van der Waals surface area contributed by atoms with E-state index in [-0.39, 0.29) is 5.41 Å². The summed E-state index contributed by atoms with van der Waals surface area (Å²) in [5.74, 6) is 1.95. The van der Waals surface area contributed by atoms with Crippen molar-refractivity contribution in [3.63, 3.8) is 0 Å². The summed E-state index contributed by atoms with van der Waals surface area (Å²) in [6, 6.07) is 34.9. The Morgan fingerprint density at radius 3 is 2.09 bits per heavy atom. The zero-order chi connectivity index (χ0) is 36.0. The van der Waals surface area contributed by atoms with Crippen LogP contribution in [0.25, 0.3) is 60.2 Å². The van der Waals surface area contributed by atoms with Crippen molar-refractivity contribution in [3.05, 3.63) is 178 Å². The maximum atomic E-state index is 6.69. The highest BCUT2D eigenvalue weighted by molar-refractivity contribution is 6.23. The van der Waals surface area contributed by atoms with E-state index in [1.54, 1.807) is 11.1 Å². The van der Waals surface area contributed by atoms with Crippen molar-refractivity contribution in [3.8, 4) is 16.9 Å². The van der Waals surface area contributed by atoms with E-state index in [4.69, 9.17) is 4.74 Å². The Labute approximate surface area is 318 Å². The molecule has 5 aliphatic rings. The van der Waals surface area contributed by atoms with E-state index in [1.165, 1.54) is 94.4 Å². The smallest absolute Gasteiger partial charge is 0.128 e. The lowest BCUT2D eigenvalue weighted by atomic mass is 9.77. The van der Waals surface area contributed by atoms with E-state index in [2.05, 4.69) is 147 Å². The Morgan fingerprint density at radius 2 is 1.28 bits per heavy atom. The Morgan fingerprint density at radius 1 is 0.556 bits per heavy atom. The van der Waals surface area contributed by atoms with Gasteiger partial charge in [-0.1, -0.05) is 105 Å². The van der Waals surface area contributed by atoms with Crippen LogP contribution in [0.4, 0.5) is 0 Å². The molecule has 6 aromatic carbocycles. The lowest BCUT2D eigenvalue weighted by molar-refractivity contribution is 0.403.